The van der Waals surface area contributed by atoms with Crippen LogP contribution in [-0.4, -0.2) is 54.0 Å². The van der Waals surface area contributed by atoms with Crippen LogP contribution in [0.3, 0.4) is 0 Å². The number of hydrogen-bond donors (Lipinski definition) is 1. The summed E-state index contributed by atoms with van der Waals surface area (Å²) in [5.41, 5.74) is -0.161. The van der Waals surface area contributed by atoms with Crippen LogP contribution in [0.2, 0.25) is 5.02 Å². The van der Waals surface area contributed by atoms with E-state index >= 15 is 0 Å². The summed E-state index contributed by atoms with van der Waals surface area (Å²) >= 11 is 6.09. The van der Waals surface area contributed by atoms with E-state index in [9.17, 15) is 14.7 Å². The average molecular weight is 372 g/mol. The summed E-state index contributed by atoms with van der Waals surface area (Å²) in [6, 6.07) is 2.10. The van der Waals surface area contributed by atoms with Gasteiger partial charge >= 0.3 is 12.1 Å². The Hall–Kier alpha value is -2.15. The lowest BCUT2D eigenvalue weighted by Gasteiger charge is -2.29. The van der Waals surface area contributed by atoms with Crippen LogP contribution in [0, 0.1) is 0 Å². The molecule has 8 heteroatoms. The van der Waals surface area contributed by atoms with Gasteiger partial charge in [0.05, 0.1) is 0 Å². The van der Waals surface area contributed by atoms with Crippen LogP contribution in [0.1, 0.15) is 26.3 Å². The topological polar surface area (TPSA) is 85.3 Å². The highest BCUT2D eigenvalue weighted by Gasteiger charge is 2.32. The smallest absolute Gasteiger partial charge is 0.410 e. The first kappa shape index (κ1) is 19.2. The van der Waals surface area contributed by atoms with Crippen molar-refractivity contribution in [3.05, 3.63) is 22.7 Å². The van der Waals surface area contributed by atoms with Gasteiger partial charge in [0.1, 0.15) is 24.9 Å². The lowest BCUT2D eigenvalue weighted by Crippen LogP contribution is -2.46. The molecular formula is C17H22ClNO6. The molecule has 1 aromatic rings. The van der Waals surface area contributed by atoms with E-state index < -0.39 is 23.7 Å². The maximum atomic E-state index is 12.2. The number of carboxylic acids is 1. The van der Waals surface area contributed by atoms with Crippen molar-refractivity contribution in [2.24, 2.45) is 0 Å². The lowest BCUT2D eigenvalue weighted by molar-refractivity contribution is -0.142. The molecule has 0 saturated carbocycles. The molecule has 1 atom stereocenters. The Balaban J connectivity index is 2.27. The van der Waals surface area contributed by atoms with E-state index in [2.05, 4.69) is 0 Å². The monoisotopic (exact) mass is 371 g/mol. The summed E-state index contributed by atoms with van der Waals surface area (Å²) in [5, 5.41) is 9.98. The molecule has 0 bridgehead atoms. The maximum absolute atomic E-state index is 12.2. The number of carbonyl (C=O) groups excluding carboxylic acids is 1. The number of likely N-dealkylation sites (N-methyl/N-ethyl adjacent to an activating group) is 1. The molecule has 1 aliphatic heterocycles. The standard InChI is InChI=1S/C17H22ClNO6/c1-17(2,3)25-16(22)19(4)12(15(20)21)8-10-7-11(18)9-13-14(10)24-6-5-23-13/h7,9,12H,5-6,8H2,1-4H3,(H,20,21)/t12-/m0/s1. The Morgan fingerprint density at radius 1 is 1.32 bits per heavy atom. The van der Waals surface area contributed by atoms with E-state index in [1.165, 1.54) is 7.05 Å². The Labute approximate surface area is 151 Å². The largest absolute Gasteiger partial charge is 0.486 e. The highest BCUT2D eigenvalue weighted by atomic mass is 35.5. The number of carboxylic acid groups (broad SMARTS) is 1. The summed E-state index contributed by atoms with van der Waals surface area (Å²) in [7, 11) is 1.39. The number of benzene rings is 1. The molecule has 1 aliphatic rings. The number of aliphatic carboxylic acids is 1. The Morgan fingerprint density at radius 3 is 2.56 bits per heavy atom. The molecule has 0 fully saturated rings. The van der Waals surface area contributed by atoms with Crippen LogP contribution in [0.5, 0.6) is 11.5 Å². The number of carbonyl (C=O) groups is 2. The summed E-state index contributed by atoms with van der Waals surface area (Å²) in [6.07, 6.45) is -0.704. The number of hydrogen-bond acceptors (Lipinski definition) is 5. The third-order valence-electron chi connectivity index (χ3n) is 3.53. The van der Waals surface area contributed by atoms with Crippen LogP contribution in [0.25, 0.3) is 0 Å². The lowest BCUT2D eigenvalue weighted by atomic mass is 10.0. The molecule has 2 rings (SSSR count). The Bertz CT molecular complexity index is 670. The van der Waals surface area contributed by atoms with Crippen LogP contribution in [0.4, 0.5) is 4.79 Å². The number of fused-ring (bicyclic) bond motifs is 1. The second kappa shape index (κ2) is 7.39. The van der Waals surface area contributed by atoms with Gasteiger partial charge in [-0.05, 0) is 26.8 Å². The second-order valence-electron chi connectivity index (χ2n) is 6.74. The van der Waals surface area contributed by atoms with Crippen molar-refractivity contribution in [3.63, 3.8) is 0 Å². The molecular weight excluding hydrogens is 350 g/mol. The van der Waals surface area contributed by atoms with Crippen molar-refractivity contribution in [1.82, 2.24) is 4.90 Å². The highest BCUT2D eigenvalue weighted by Crippen LogP contribution is 2.37. The summed E-state index contributed by atoms with van der Waals surface area (Å²) < 4.78 is 16.3. The van der Waals surface area contributed by atoms with Crippen LogP contribution >= 0.6 is 11.6 Å². The van der Waals surface area contributed by atoms with Gasteiger partial charge in [-0.15, -0.1) is 0 Å². The van der Waals surface area contributed by atoms with E-state index in [1.54, 1.807) is 32.9 Å². The molecule has 1 aromatic carbocycles. The normalized spacial score (nSPS) is 14.6. The van der Waals surface area contributed by atoms with Gasteiger partial charge in [0.2, 0.25) is 0 Å². The van der Waals surface area contributed by atoms with Crippen molar-refractivity contribution >= 4 is 23.7 Å². The summed E-state index contributed by atoms with van der Waals surface area (Å²) in [5.74, 6) is -0.226. The molecule has 0 saturated heterocycles. The van der Waals surface area contributed by atoms with Crippen molar-refractivity contribution in [2.45, 2.75) is 38.8 Å². The fourth-order valence-corrected chi connectivity index (χ4v) is 2.63. The molecule has 138 valence electrons. The molecule has 1 heterocycles. The zero-order valence-electron chi connectivity index (χ0n) is 14.7. The molecule has 1 amide bonds. The number of halogens is 1. The molecule has 1 N–H and O–H groups in total. The predicted molar refractivity (Wildman–Crippen MR) is 91.6 cm³/mol. The molecule has 0 radical (unpaired) electrons. The van der Waals surface area contributed by atoms with Crippen LogP contribution < -0.4 is 9.47 Å². The highest BCUT2D eigenvalue weighted by molar-refractivity contribution is 6.30. The van der Waals surface area contributed by atoms with E-state index in [0.29, 0.717) is 35.3 Å². The van der Waals surface area contributed by atoms with E-state index in [4.69, 9.17) is 25.8 Å². The maximum Gasteiger partial charge on any atom is 0.410 e. The van der Waals surface area contributed by atoms with Crippen LogP contribution in [0.15, 0.2) is 12.1 Å². The zero-order valence-corrected chi connectivity index (χ0v) is 15.4. The van der Waals surface area contributed by atoms with Crippen molar-refractivity contribution in [3.8, 4) is 11.5 Å². The SMILES string of the molecule is CN(C(=O)OC(C)(C)C)[C@@H](Cc1cc(Cl)cc2c1OCCO2)C(=O)O. The first-order valence-electron chi connectivity index (χ1n) is 7.85. The van der Waals surface area contributed by atoms with Crippen molar-refractivity contribution in [1.29, 1.82) is 0 Å². The number of amides is 1. The second-order valence-corrected chi connectivity index (χ2v) is 7.17. The van der Waals surface area contributed by atoms with E-state index in [0.717, 1.165) is 4.90 Å². The van der Waals surface area contributed by atoms with E-state index in [1.807, 2.05) is 0 Å². The number of rotatable bonds is 4. The van der Waals surface area contributed by atoms with Gasteiger partial charge in [-0.1, -0.05) is 11.6 Å². The van der Waals surface area contributed by atoms with Gasteiger partial charge < -0.3 is 19.3 Å². The minimum absolute atomic E-state index is 0.0112. The number of nitrogens with zero attached hydrogens (tertiary/aromatic N) is 1. The minimum Gasteiger partial charge on any atom is -0.486 e. The predicted octanol–water partition coefficient (Wildman–Crippen LogP) is 2.97. The average Bonchev–Trinajstić information content (AvgIpc) is 2.49. The fourth-order valence-electron chi connectivity index (χ4n) is 2.40. The Morgan fingerprint density at radius 2 is 1.96 bits per heavy atom. The summed E-state index contributed by atoms with van der Waals surface area (Å²) in [6.45, 7) is 5.90. The molecule has 0 unspecified atom stereocenters. The zero-order chi connectivity index (χ0) is 18.8. The first-order valence-corrected chi connectivity index (χ1v) is 8.23. The number of ether oxygens (including phenoxy) is 3. The quantitative estimate of drug-likeness (QED) is 0.875. The molecule has 0 aliphatic carbocycles. The molecule has 25 heavy (non-hydrogen) atoms. The van der Waals surface area contributed by atoms with E-state index in [-0.39, 0.29) is 6.42 Å². The van der Waals surface area contributed by atoms with Gasteiger partial charge in [0, 0.05) is 30.1 Å². The third-order valence-corrected chi connectivity index (χ3v) is 3.75. The third kappa shape index (κ3) is 4.92. The minimum atomic E-state index is -1.15. The Kier molecular flexibility index (Phi) is 5.67. The van der Waals surface area contributed by atoms with Crippen molar-refractivity contribution in [2.75, 3.05) is 20.3 Å². The summed E-state index contributed by atoms with van der Waals surface area (Å²) in [4.78, 5) is 25.0. The molecule has 0 aromatic heterocycles. The van der Waals surface area contributed by atoms with Crippen molar-refractivity contribution < 1.29 is 28.9 Å². The van der Waals surface area contributed by atoms with Gasteiger partial charge in [-0.2, -0.15) is 0 Å². The molecule has 7 nitrogen and oxygen atoms in total. The molecule has 0 spiro atoms. The van der Waals surface area contributed by atoms with Gasteiger partial charge in [0.15, 0.2) is 11.5 Å². The fraction of sp³-hybridized carbons (Fsp3) is 0.529. The van der Waals surface area contributed by atoms with Gasteiger partial charge in [-0.3, -0.25) is 4.90 Å². The van der Waals surface area contributed by atoms with Gasteiger partial charge in [0.25, 0.3) is 0 Å². The first-order chi connectivity index (χ1) is 11.6. The van der Waals surface area contributed by atoms with Gasteiger partial charge in [-0.25, -0.2) is 9.59 Å². The van der Waals surface area contributed by atoms with Crippen LogP contribution in [-0.2, 0) is 16.0 Å².